The van der Waals surface area contributed by atoms with Crippen molar-refractivity contribution in [1.82, 2.24) is 24.7 Å². The van der Waals surface area contributed by atoms with Crippen molar-refractivity contribution in [1.29, 1.82) is 0 Å². The predicted molar refractivity (Wildman–Crippen MR) is 72.0 cm³/mol. The zero-order valence-corrected chi connectivity index (χ0v) is 11.2. The second-order valence-electron chi connectivity index (χ2n) is 4.58. The van der Waals surface area contributed by atoms with Crippen LogP contribution in [0.15, 0.2) is 12.4 Å². The van der Waals surface area contributed by atoms with Crippen molar-refractivity contribution in [3.8, 4) is 0 Å². The van der Waals surface area contributed by atoms with Crippen LogP contribution in [-0.4, -0.2) is 37.8 Å². The van der Waals surface area contributed by atoms with E-state index in [0.717, 1.165) is 43.5 Å². The smallest absolute Gasteiger partial charge is 0.224 e. The molecule has 0 amide bonds. The Hall–Kier alpha value is -2.18. The minimum atomic E-state index is 0.685. The highest BCUT2D eigenvalue weighted by Crippen LogP contribution is 2.19. The zero-order valence-electron chi connectivity index (χ0n) is 11.2. The second kappa shape index (κ2) is 4.83. The molecule has 0 fully saturated rings. The van der Waals surface area contributed by atoms with Crippen LogP contribution in [0.4, 0.5) is 11.8 Å². The summed E-state index contributed by atoms with van der Waals surface area (Å²) < 4.78 is 2.08. The van der Waals surface area contributed by atoms with Crippen LogP contribution in [-0.2, 0) is 13.1 Å². The van der Waals surface area contributed by atoms with Gasteiger partial charge in [0.1, 0.15) is 12.1 Å². The molecule has 19 heavy (non-hydrogen) atoms. The van der Waals surface area contributed by atoms with Gasteiger partial charge in [-0.05, 0) is 13.8 Å². The van der Waals surface area contributed by atoms with Crippen LogP contribution in [0.1, 0.15) is 18.4 Å². The van der Waals surface area contributed by atoms with Crippen LogP contribution < -0.4 is 10.2 Å². The number of aryl methyl sites for hydroxylation is 1. The van der Waals surface area contributed by atoms with Gasteiger partial charge in [-0.25, -0.2) is 4.98 Å². The molecule has 7 nitrogen and oxygen atoms in total. The summed E-state index contributed by atoms with van der Waals surface area (Å²) in [5, 5.41) is 11.2. The van der Waals surface area contributed by atoms with Crippen molar-refractivity contribution in [2.75, 3.05) is 23.3 Å². The molecule has 1 aliphatic rings. The van der Waals surface area contributed by atoms with Crippen LogP contribution in [0.5, 0.6) is 0 Å². The number of fused-ring (bicyclic) bond motifs is 1. The molecule has 0 saturated carbocycles. The summed E-state index contributed by atoms with van der Waals surface area (Å²) in [6, 6.07) is 2.01. The van der Waals surface area contributed by atoms with E-state index >= 15 is 0 Å². The lowest BCUT2D eigenvalue weighted by Gasteiger charge is -2.28. The number of hydrogen-bond donors (Lipinski definition) is 1. The maximum absolute atomic E-state index is 4.55. The molecule has 100 valence electrons. The van der Waals surface area contributed by atoms with E-state index in [4.69, 9.17) is 0 Å². The van der Waals surface area contributed by atoms with E-state index in [2.05, 4.69) is 34.9 Å². The molecule has 0 radical (unpaired) electrons. The largest absolute Gasteiger partial charge is 0.354 e. The highest BCUT2D eigenvalue weighted by molar-refractivity contribution is 5.45. The SMILES string of the molecule is CCNc1nc(C)cc(N2CCn3cnnc3C2)n1. The van der Waals surface area contributed by atoms with Crippen molar-refractivity contribution in [2.24, 2.45) is 0 Å². The molecule has 3 rings (SSSR count). The van der Waals surface area contributed by atoms with Crippen molar-refractivity contribution in [2.45, 2.75) is 26.9 Å². The highest BCUT2D eigenvalue weighted by Gasteiger charge is 2.19. The average molecular weight is 259 g/mol. The maximum atomic E-state index is 4.55. The quantitative estimate of drug-likeness (QED) is 0.880. The average Bonchev–Trinajstić information content (AvgIpc) is 2.85. The van der Waals surface area contributed by atoms with E-state index in [9.17, 15) is 0 Å². The third-order valence-electron chi connectivity index (χ3n) is 3.14. The maximum Gasteiger partial charge on any atom is 0.224 e. The lowest BCUT2D eigenvalue weighted by molar-refractivity contribution is 0.556. The van der Waals surface area contributed by atoms with E-state index in [1.165, 1.54) is 0 Å². The Balaban J connectivity index is 1.87. The van der Waals surface area contributed by atoms with Crippen molar-refractivity contribution in [3.05, 3.63) is 23.9 Å². The Morgan fingerprint density at radius 3 is 3.05 bits per heavy atom. The van der Waals surface area contributed by atoms with Gasteiger partial charge in [0.05, 0.1) is 6.54 Å². The van der Waals surface area contributed by atoms with Gasteiger partial charge < -0.3 is 14.8 Å². The summed E-state index contributed by atoms with van der Waals surface area (Å²) in [6.07, 6.45) is 1.78. The second-order valence-corrected chi connectivity index (χ2v) is 4.58. The van der Waals surface area contributed by atoms with E-state index in [-0.39, 0.29) is 0 Å². The molecular formula is C12H17N7. The Morgan fingerprint density at radius 2 is 2.21 bits per heavy atom. The van der Waals surface area contributed by atoms with Crippen LogP contribution in [0, 0.1) is 6.92 Å². The topological polar surface area (TPSA) is 71.8 Å². The summed E-state index contributed by atoms with van der Waals surface area (Å²) in [4.78, 5) is 11.1. The molecule has 0 aromatic carbocycles. The number of nitrogens with zero attached hydrogens (tertiary/aromatic N) is 6. The first-order valence-corrected chi connectivity index (χ1v) is 6.47. The number of aromatic nitrogens is 5. The van der Waals surface area contributed by atoms with E-state index in [0.29, 0.717) is 5.95 Å². The van der Waals surface area contributed by atoms with E-state index in [1.54, 1.807) is 6.33 Å². The Kier molecular flexibility index (Phi) is 3.02. The molecule has 2 aromatic heterocycles. The summed E-state index contributed by atoms with van der Waals surface area (Å²) in [7, 11) is 0. The van der Waals surface area contributed by atoms with Crippen molar-refractivity contribution in [3.63, 3.8) is 0 Å². The summed E-state index contributed by atoms with van der Waals surface area (Å²) in [6.45, 7) is 7.38. The Morgan fingerprint density at radius 1 is 1.32 bits per heavy atom. The summed E-state index contributed by atoms with van der Waals surface area (Å²) >= 11 is 0. The van der Waals surface area contributed by atoms with Gasteiger partial charge in [0, 0.05) is 31.4 Å². The fourth-order valence-electron chi connectivity index (χ4n) is 2.21. The minimum Gasteiger partial charge on any atom is -0.354 e. The molecule has 0 bridgehead atoms. The molecule has 0 spiro atoms. The molecular weight excluding hydrogens is 242 g/mol. The molecule has 0 aliphatic carbocycles. The first kappa shape index (κ1) is 11.9. The highest BCUT2D eigenvalue weighted by atomic mass is 15.3. The van der Waals surface area contributed by atoms with E-state index in [1.807, 2.05) is 19.9 Å². The molecule has 1 N–H and O–H groups in total. The monoisotopic (exact) mass is 259 g/mol. The number of nitrogens with one attached hydrogen (secondary N) is 1. The van der Waals surface area contributed by atoms with E-state index < -0.39 is 0 Å². The van der Waals surface area contributed by atoms with Gasteiger partial charge in [-0.2, -0.15) is 4.98 Å². The lowest BCUT2D eigenvalue weighted by atomic mass is 10.3. The molecule has 1 aliphatic heterocycles. The van der Waals surface area contributed by atoms with Crippen LogP contribution in [0.25, 0.3) is 0 Å². The minimum absolute atomic E-state index is 0.685. The predicted octanol–water partition coefficient (Wildman–Crippen LogP) is 0.829. The van der Waals surface area contributed by atoms with Gasteiger partial charge >= 0.3 is 0 Å². The van der Waals surface area contributed by atoms with Crippen LogP contribution in [0.2, 0.25) is 0 Å². The molecule has 0 atom stereocenters. The Bertz CT molecular complexity index is 577. The van der Waals surface area contributed by atoms with Crippen molar-refractivity contribution >= 4 is 11.8 Å². The van der Waals surface area contributed by atoms with Crippen LogP contribution >= 0.6 is 0 Å². The molecule has 0 saturated heterocycles. The molecule has 7 heteroatoms. The fourth-order valence-corrected chi connectivity index (χ4v) is 2.21. The third kappa shape index (κ3) is 2.35. The summed E-state index contributed by atoms with van der Waals surface area (Å²) in [5.74, 6) is 2.61. The van der Waals surface area contributed by atoms with Gasteiger partial charge in [0.15, 0.2) is 5.82 Å². The van der Waals surface area contributed by atoms with Gasteiger partial charge in [-0.15, -0.1) is 10.2 Å². The lowest BCUT2D eigenvalue weighted by Crippen LogP contribution is -2.34. The molecule has 3 heterocycles. The fraction of sp³-hybridized carbons (Fsp3) is 0.500. The molecule has 2 aromatic rings. The molecule has 0 unspecified atom stereocenters. The van der Waals surface area contributed by atoms with Gasteiger partial charge in [0.25, 0.3) is 0 Å². The summed E-state index contributed by atoms with van der Waals surface area (Å²) in [5.41, 5.74) is 0.966. The van der Waals surface area contributed by atoms with Crippen molar-refractivity contribution < 1.29 is 0 Å². The number of hydrogen-bond acceptors (Lipinski definition) is 6. The van der Waals surface area contributed by atoms with Gasteiger partial charge in [-0.1, -0.05) is 0 Å². The van der Waals surface area contributed by atoms with Crippen LogP contribution in [0.3, 0.4) is 0 Å². The third-order valence-corrected chi connectivity index (χ3v) is 3.14. The van der Waals surface area contributed by atoms with Gasteiger partial charge in [-0.3, -0.25) is 0 Å². The Labute approximate surface area is 111 Å². The first-order chi connectivity index (χ1) is 9.26. The standard InChI is InChI=1S/C12H17N7/c1-3-13-12-15-9(2)6-10(16-12)18-4-5-19-8-14-17-11(19)7-18/h6,8H,3-5,7H2,1-2H3,(H,13,15,16). The van der Waals surface area contributed by atoms with Gasteiger partial charge in [0.2, 0.25) is 5.95 Å². The first-order valence-electron chi connectivity index (χ1n) is 6.47. The normalized spacial score (nSPS) is 14.3. The zero-order chi connectivity index (χ0) is 13.2. The number of rotatable bonds is 3. The number of anilines is 2.